The molecule has 188 valence electrons. The maximum absolute atomic E-state index is 13.5. The smallest absolute Gasteiger partial charge is 0.237 e. The molecule has 3 atom stereocenters. The molecule has 0 spiro atoms. The third kappa shape index (κ3) is 6.33. The minimum atomic E-state index is -0.244. The number of pyridine rings is 1. The highest BCUT2D eigenvalue weighted by atomic mass is 19.1. The van der Waals surface area contributed by atoms with E-state index >= 15 is 0 Å². The minimum absolute atomic E-state index is 0.0409. The van der Waals surface area contributed by atoms with Crippen molar-refractivity contribution in [1.82, 2.24) is 25.6 Å². The summed E-state index contributed by atoms with van der Waals surface area (Å²) in [7, 11) is 0. The summed E-state index contributed by atoms with van der Waals surface area (Å²) in [6, 6.07) is 20.7. The van der Waals surface area contributed by atoms with Gasteiger partial charge in [0.2, 0.25) is 5.91 Å². The molecule has 2 aliphatic rings. The van der Waals surface area contributed by atoms with E-state index in [1.54, 1.807) is 12.4 Å². The first kappa shape index (κ1) is 24.5. The number of aromatic nitrogens is 1. The molecule has 3 heterocycles. The SMILES string of the molecule is O=C1CN(CC2CNNC2c2ccc(F)cc2)CC(OCc2ccccc2)CN1Cc1cccnc1. The number of hydrogen-bond acceptors (Lipinski definition) is 6. The van der Waals surface area contributed by atoms with Crippen molar-refractivity contribution in [3.05, 3.63) is 102 Å². The number of benzene rings is 2. The third-order valence-corrected chi connectivity index (χ3v) is 6.84. The Morgan fingerprint density at radius 2 is 1.81 bits per heavy atom. The van der Waals surface area contributed by atoms with E-state index in [1.807, 2.05) is 47.4 Å². The van der Waals surface area contributed by atoms with E-state index < -0.39 is 0 Å². The highest BCUT2D eigenvalue weighted by Gasteiger charge is 2.34. The van der Waals surface area contributed by atoms with Crippen molar-refractivity contribution >= 4 is 5.91 Å². The number of halogens is 1. The molecule has 0 radical (unpaired) electrons. The summed E-state index contributed by atoms with van der Waals surface area (Å²) in [4.78, 5) is 21.6. The minimum Gasteiger partial charge on any atom is -0.370 e. The number of ether oxygens (including phenoxy) is 1. The largest absolute Gasteiger partial charge is 0.370 e. The number of rotatable bonds is 8. The second kappa shape index (κ2) is 11.7. The van der Waals surface area contributed by atoms with Gasteiger partial charge in [0, 0.05) is 51.0 Å². The predicted molar refractivity (Wildman–Crippen MR) is 135 cm³/mol. The second-order valence-corrected chi connectivity index (χ2v) is 9.56. The molecule has 2 aliphatic heterocycles. The lowest BCUT2D eigenvalue weighted by Crippen LogP contribution is -2.40. The molecule has 3 aromatic rings. The van der Waals surface area contributed by atoms with E-state index in [1.165, 1.54) is 12.1 Å². The average Bonchev–Trinajstić information content (AvgIpc) is 3.30. The molecule has 5 rings (SSSR count). The fraction of sp³-hybridized carbons (Fsp3) is 0.357. The third-order valence-electron chi connectivity index (χ3n) is 6.84. The molecule has 0 saturated carbocycles. The summed E-state index contributed by atoms with van der Waals surface area (Å²) in [6.45, 7) is 4.02. The summed E-state index contributed by atoms with van der Waals surface area (Å²) in [5.74, 6) is 0.0660. The van der Waals surface area contributed by atoms with Gasteiger partial charge in [0.25, 0.3) is 0 Å². The first-order valence-corrected chi connectivity index (χ1v) is 12.4. The van der Waals surface area contributed by atoms with Gasteiger partial charge in [-0.25, -0.2) is 9.82 Å². The molecular formula is C28H32FN5O2. The zero-order valence-electron chi connectivity index (χ0n) is 20.2. The maximum atomic E-state index is 13.5. The molecule has 8 heteroatoms. The van der Waals surface area contributed by atoms with E-state index in [2.05, 4.69) is 32.9 Å². The van der Waals surface area contributed by atoms with Gasteiger partial charge in [-0.3, -0.25) is 20.1 Å². The molecule has 36 heavy (non-hydrogen) atoms. The lowest BCUT2D eigenvalue weighted by atomic mass is 9.94. The van der Waals surface area contributed by atoms with Gasteiger partial charge < -0.3 is 9.64 Å². The Labute approximate surface area is 211 Å². The van der Waals surface area contributed by atoms with Gasteiger partial charge in [0.1, 0.15) is 5.82 Å². The molecule has 1 aromatic heterocycles. The number of nitrogens with one attached hydrogen (secondary N) is 2. The Bertz CT molecular complexity index is 1120. The van der Waals surface area contributed by atoms with Crippen LogP contribution in [0, 0.1) is 11.7 Å². The summed E-state index contributed by atoms with van der Waals surface area (Å²) in [5.41, 5.74) is 9.71. The van der Waals surface area contributed by atoms with Crippen LogP contribution in [-0.4, -0.2) is 59.5 Å². The first-order valence-electron chi connectivity index (χ1n) is 12.4. The van der Waals surface area contributed by atoms with Gasteiger partial charge in [-0.2, -0.15) is 0 Å². The van der Waals surface area contributed by atoms with E-state index in [9.17, 15) is 9.18 Å². The maximum Gasteiger partial charge on any atom is 0.237 e. The zero-order valence-corrected chi connectivity index (χ0v) is 20.2. The molecule has 2 saturated heterocycles. The molecule has 0 bridgehead atoms. The highest BCUT2D eigenvalue weighted by molar-refractivity contribution is 5.78. The van der Waals surface area contributed by atoms with E-state index in [-0.39, 0.29) is 29.8 Å². The van der Waals surface area contributed by atoms with Gasteiger partial charge >= 0.3 is 0 Å². The number of nitrogens with zero attached hydrogens (tertiary/aromatic N) is 3. The molecule has 7 nitrogen and oxygen atoms in total. The van der Waals surface area contributed by atoms with Crippen LogP contribution in [0.5, 0.6) is 0 Å². The van der Waals surface area contributed by atoms with Gasteiger partial charge in [0.15, 0.2) is 0 Å². The standard InChI is InChI=1S/C28H32FN5O2/c29-25-10-8-23(9-11-25)28-24(14-31-32-28)16-33-17-26(36-20-21-5-2-1-3-6-21)18-34(27(35)19-33)15-22-7-4-12-30-13-22/h1-13,24,26,28,31-32H,14-20H2. The average molecular weight is 490 g/mol. The molecule has 3 unspecified atom stereocenters. The molecular weight excluding hydrogens is 457 g/mol. The van der Waals surface area contributed by atoms with Gasteiger partial charge in [-0.1, -0.05) is 48.5 Å². The normalized spacial score (nSPS) is 23.1. The quantitative estimate of drug-likeness (QED) is 0.507. The van der Waals surface area contributed by atoms with E-state index in [0.29, 0.717) is 32.8 Å². The second-order valence-electron chi connectivity index (χ2n) is 9.56. The van der Waals surface area contributed by atoms with Crippen LogP contribution in [0.3, 0.4) is 0 Å². The van der Waals surface area contributed by atoms with Crippen LogP contribution in [0.1, 0.15) is 22.7 Å². The van der Waals surface area contributed by atoms with Gasteiger partial charge in [0.05, 0.1) is 25.3 Å². The molecule has 2 fully saturated rings. The first-order chi connectivity index (χ1) is 17.6. The van der Waals surface area contributed by atoms with Crippen molar-refractivity contribution < 1.29 is 13.9 Å². The van der Waals surface area contributed by atoms with Crippen LogP contribution in [0.2, 0.25) is 0 Å². The summed E-state index contributed by atoms with van der Waals surface area (Å²) in [5, 5.41) is 0. The number of amides is 1. The summed E-state index contributed by atoms with van der Waals surface area (Å²) in [6.07, 6.45) is 3.42. The lowest BCUT2D eigenvalue weighted by molar-refractivity contribution is -0.132. The van der Waals surface area contributed by atoms with Crippen LogP contribution >= 0.6 is 0 Å². The number of hydrazine groups is 1. The monoisotopic (exact) mass is 489 g/mol. The zero-order chi connectivity index (χ0) is 24.7. The fourth-order valence-corrected chi connectivity index (χ4v) is 5.01. The molecule has 1 amide bonds. The Morgan fingerprint density at radius 3 is 2.58 bits per heavy atom. The number of carbonyl (C=O) groups excluding carboxylic acids is 1. The van der Waals surface area contributed by atoms with Crippen LogP contribution in [-0.2, 0) is 22.7 Å². The van der Waals surface area contributed by atoms with Crippen molar-refractivity contribution in [2.45, 2.75) is 25.3 Å². The molecule has 2 aromatic carbocycles. The van der Waals surface area contributed by atoms with Crippen molar-refractivity contribution in [1.29, 1.82) is 0 Å². The fourth-order valence-electron chi connectivity index (χ4n) is 5.01. The van der Waals surface area contributed by atoms with E-state index in [0.717, 1.165) is 29.8 Å². The highest BCUT2D eigenvalue weighted by Crippen LogP contribution is 2.27. The Hall–Kier alpha value is -3.17. The van der Waals surface area contributed by atoms with Crippen LogP contribution < -0.4 is 10.9 Å². The van der Waals surface area contributed by atoms with Gasteiger partial charge in [-0.05, 0) is 34.9 Å². The van der Waals surface area contributed by atoms with Crippen LogP contribution in [0.15, 0.2) is 79.1 Å². The van der Waals surface area contributed by atoms with Crippen molar-refractivity contribution in [2.24, 2.45) is 5.92 Å². The predicted octanol–water partition coefficient (Wildman–Crippen LogP) is 2.92. The van der Waals surface area contributed by atoms with Crippen LogP contribution in [0.4, 0.5) is 4.39 Å². The molecule has 0 aliphatic carbocycles. The Balaban J connectivity index is 1.30. The number of hydrogen-bond donors (Lipinski definition) is 2. The van der Waals surface area contributed by atoms with E-state index in [4.69, 9.17) is 4.74 Å². The van der Waals surface area contributed by atoms with Crippen molar-refractivity contribution in [2.75, 3.05) is 32.7 Å². The summed E-state index contributed by atoms with van der Waals surface area (Å²) < 4.78 is 19.8. The van der Waals surface area contributed by atoms with Crippen molar-refractivity contribution in [3.63, 3.8) is 0 Å². The lowest BCUT2D eigenvalue weighted by Gasteiger charge is -2.28. The summed E-state index contributed by atoms with van der Waals surface area (Å²) >= 11 is 0. The Morgan fingerprint density at radius 1 is 1.00 bits per heavy atom. The van der Waals surface area contributed by atoms with Gasteiger partial charge in [-0.15, -0.1) is 0 Å². The number of carbonyl (C=O) groups is 1. The topological polar surface area (TPSA) is 69.7 Å². The molecule has 2 N–H and O–H groups in total. The Kier molecular flexibility index (Phi) is 7.98. The van der Waals surface area contributed by atoms with Crippen LogP contribution in [0.25, 0.3) is 0 Å². The van der Waals surface area contributed by atoms with Crippen molar-refractivity contribution in [3.8, 4) is 0 Å².